The fourth-order valence-corrected chi connectivity index (χ4v) is 2.11. The third-order valence-corrected chi connectivity index (χ3v) is 3.05. The first-order valence-electron chi connectivity index (χ1n) is 6.08. The van der Waals surface area contributed by atoms with Crippen LogP contribution in [0.1, 0.15) is 12.0 Å². The number of fused-ring (bicyclic) bond motifs is 1. The molecule has 0 saturated carbocycles. The van der Waals surface area contributed by atoms with E-state index in [1.165, 1.54) is 6.07 Å². The van der Waals surface area contributed by atoms with E-state index in [1.807, 2.05) is 12.1 Å². The van der Waals surface area contributed by atoms with Gasteiger partial charge in [0.25, 0.3) is 0 Å². The summed E-state index contributed by atoms with van der Waals surface area (Å²) in [4.78, 5) is 11.5. The Kier molecular flexibility index (Phi) is 2.91. The molecule has 3 rings (SSSR count). The molecular weight excluding hydrogens is 245 g/mol. The second kappa shape index (κ2) is 4.72. The first-order valence-corrected chi connectivity index (χ1v) is 6.08. The van der Waals surface area contributed by atoms with Gasteiger partial charge in [0.05, 0.1) is 5.69 Å². The molecule has 1 amide bonds. The summed E-state index contributed by atoms with van der Waals surface area (Å²) < 4.78 is 19.1. The molecule has 3 nitrogen and oxygen atoms in total. The van der Waals surface area contributed by atoms with Crippen LogP contribution in [-0.2, 0) is 11.2 Å². The summed E-state index contributed by atoms with van der Waals surface area (Å²) in [6.07, 6.45) is 1.14. The molecule has 0 radical (unpaired) electrons. The molecule has 1 aliphatic rings. The Balaban J connectivity index is 1.98. The topological polar surface area (TPSA) is 38.3 Å². The van der Waals surface area contributed by atoms with Gasteiger partial charge in [-0.1, -0.05) is 24.3 Å². The van der Waals surface area contributed by atoms with Crippen molar-refractivity contribution in [1.82, 2.24) is 0 Å². The standard InChI is InChI=1S/C15H12FNO2/c16-11-5-1-2-6-12(11)19-13-7-3-4-10-8-9-14(18)17-15(10)13/h1-7H,8-9H2,(H,17,18). The fraction of sp³-hybridized carbons (Fsp3) is 0.133. The van der Waals surface area contributed by atoms with Crippen LogP contribution >= 0.6 is 0 Å². The van der Waals surface area contributed by atoms with Gasteiger partial charge in [-0.25, -0.2) is 4.39 Å². The molecule has 0 atom stereocenters. The number of hydrogen-bond acceptors (Lipinski definition) is 2. The number of carbonyl (C=O) groups excluding carboxylic acids is 1. The summed E-state index contributed by atoms with van der Waals surface area (Å²) in [5.74, 6) is 0.144. The largest absolute Gasteiger partial charge is 0.452 e. The average molecular weight is 257 g/mol. The molecule has 1 heterocycles. The first-order chi connectivity index (χ1) is 9.24. The van der Waals surface area contributed by atoms with Crippen LogP contribution in [0.2, 0.25) is 0 Å². The fourth-order valence-electron chi connectivity index (χ4n) is 2.11. The molecule has 1 aliphatic heterocycles. The van der Waals surface area contributed by atoms with Crippen molar-refractivity contribution in [2.75, 3.05) is 5.32 Å². The van der Waals surface area contributed by atoms with Gasteiger partial charge in [0.2, 0.25) is 5.91 Å². The summed E-state index contributed by atoms with van der Waals surface area (Å²) >= 11 is 0. The van der Waals surface area contributed by atoms with Crippen LogP contribution in [0.5, 0.6) is 11.5 Å². The van der Waals surface area contributed by atoms with Crippen LogP contribution < -0.4 is 10.1 Å². The summed E-state index contributed by atoms with van der Waals surface area (Å²) in [6.45, 7) is 0. The van der Waals surface area contributed by atoms with Gasteiger partial charge in [-0.2, -0.15) is 0 Å². The lowest BCUT2D eigenvalue weighted by Crippen LogP contribution is -2.19. The predicted molar refractivity (Wildman–Crippen MR) is 69.9 cm³/mol. The Bertz CT molecular complexity index is 640. The number of amides is 1. The second-order valence-corrected chi connectivity index (χ2v) is 4.37. The predicted octanol–water partition coefficient (Wildman–Crippen LogP) is 3.50. The number of nitrogens with one attached hydrogen (secondary N) is 1. The highest BCUT2D eigenvalue weighted by molar-refractivity contribution is 5.95. The van der Waals surface area contributed by atoms with E-state index in [9.17, 15) is 9.18 Å². The minimum absolute atomic E-state index is 0.0444. The number of halogens is 1. The molecular formula is C15H12FNO2. The van der Waals surface area contributed by atoms with Crippen molar-refractivity contribution in [2.24, 2.45) is 0 Å². The van der Waals surface area contributed by atoms with Crippen LogP contribution in [0.3, 0.4) is 0 Å². The monoisotopic (exact) mass is 257 g/mol. The Labute approximate surface area is 110 Å². The van der Waals surface area contributed by atoms with Crippen molar-refractivity contribution in [3.63, 3.8) is 0 Å². The maximum absolute atomic E-state index is 13.6. The van der Waals surface area contributed by atoms with E-state index >= 15 is 0 Å². The lowest BCUT2D eigenvalue weighted by Gasteiger charge is -2.20. The quantitative estimate of drug-likeness (QED) is 0.894. The molecule has 0 aliphatic carbocycles. The highest BCUT2D eigenvalue weighted by atomic mass is 19.1. The number of hydrogen-bond donors (Lipinski definition) is 1. The zero-order valence-corrected chi connectivity index (χ0v) is 10.2. The molecule has 2 aromatic rings. The first kappa shape index (κ1) is 11.7. The van der Waals surface area contributed by atoms with Gasteiger partial charge in [0.15, 0.2) is 17.3 Å². The Morgan fingerprint density at radius 1 is 1.00 bits per heavy atom. The SMILES string of the molecule is O=C1CCc2cccc(Oc3ccccc3F)c2N1. The summed E-state index contributed by atoms with van der Waals surface area (Å²) in [5, 5.41) is 2.78. The molecule has 1 N–H and O–H groups in total. The van der Waals surface area contributed by atoms with Crippen molar-refractivity contribution in [3.05, 3.63) is 53.8 Å². The third kappa shape index (κ3) is 2.29. The molecule has 0 unspecified atom stereocenters. The lowest BCUT2D eigenvalue weighted by molar-refractivity contribution is -0.116. The average Bonchev–Trinajstić information content (AvgIpc) is 2.42. The third-order valence-electron chi connectivity index (χ3n) is 3.05. The molecule has 0 saturated heterocycles. The number of anilines is 1. The van der Waals surface area contributed by atoms with Gasteiger partial charge in [-0.05, 0) is 30.2 Å². The van der Waals surface area contributed by atoms with E-state index in [2.05, 4.69) is 5.32 Å². The van der Waals surface area contributed by atoms with Crippen LogP contribution in [0.25, 0.3) is 0 Å². The summed E-state index contributed by atoms with van der Waals surface area (Å²) in [5.41, 5.74) is 1.65. The van der Waals surface area contributed by atoms with E-state index in [-0.39, 0.29) is 11.7 Å². The molecule has 0 fully saturated rings. The van der Waals surface area contributed by atoms with Gasteiger partial charge in [0, 0.05) is 6.42 Å². The number of ether oxygens (including phenoxy) is 1. The Hall–Kier alpha value is -2.36. The lowest BCUT2D eigenvalue weighted by atomic mass is 10.0. The molecule has 0 bridgehead atoms. The smallest absolute Gasteiger partial charge is 0.224 e. The number of para-hydroxylation sites is 2. The van der Waals surface area contributed by atoms with Gasteiger partial charge < -0.3 is 10.1 Å². The van der Waals surface area contributed by atoms with E-state index in [1.54, 1.807) is 24.3 Å². The minimum Gasteiger partial charge on any atom is -0.452 e. The van der Waals surface area contributed by atoms with Crippen LogP contribution in [0.15, 0.2) is 42.5 Å². The van der Waals surface area contributed by atoms with Gasteiger partial charge in [-0.3, -0.25) is 4.79 Å². The van der Waals surface area contributed by atoms with E-state index in [4.69, 9.17) is 4.74 Å². The molecule has 0 aromatic heterocycles. The molecule has 19 heavy (non-hydrogen) atoms. The minimum atomic E-state index is -0.428. The zero-order valence-electron chi connectivity index (χ0n) is 10.2. The number of carbonyl (C=O) groups is 1. The van der Waals surface area contributed by atoms with Crippen LogP contribution in [0.4, 0.5) is 10.1 Å². The summed E-state index contributed by atoms with van der Waals surface area (Å²) in [6, 6.07) is 11.7. The van der Waals surface area contributed by atoms with Crippen molar-refractivity contribution < 1.29 is 13.9 Å². The summed E-state index contributed by atoms with van der Waals surface area (Å²) in [7, 11) is 0. The zero-order chi connectivity index (χ0) is 13.2. The maximum Gasteiger partial charge on any atom is 0.224 e. The van der Waals surface area contributed by atoms with Crippen LogP contribution in [-0.4, -0.2) is 5.91 Å². The number of aryl methyl sites for hydroxylation is 1. The van der Waals surface area contributed by atoms with E-state index in [0.717, 1.165) is 5.56 Å². The normalized spacial score (nSPS) is 13.6. The molecule has 0 spiro atoms. The van der Waals surface area contributed by atoms with Crippen molar-refractivity contribution in [2.45, 2.75) is 12.8 Å². The van der Waals surface area contributed by atoms with E-state index < -0.39 is 5.82 Å². The maximum atomic E-state index is 13.6. The van der Waals surface area contributed by atoms with Crippen molar-refractivity contribution >= 4 is 11.6 Å². The second-order valence-electron chi connectivity index (χ2n) is 4.37. The highest BCUT2D eigenvalue weighted by Gasteiger charge is 2.19. The van der Waals surface area contributed by atoms with E-state index in [0.29, 0.717) is 24.3 Å². The van der Waals surface area contributed by atoms with Gasteiger partial charge in [-0.15, -0.1) is 0 Å². The highest BCUT2D eigenvalue weighted by Crippen LogP contribution is 2.35. The number of benzene rings is 2. The Morgan fingerprint density at radius 3 is 2.63 bits per heavy atom. The van der Waals surface area contributed by atoms with Crippen molar-refractivity contribution in [1.29, 1.82) is 0 Å². The molecule has 96 valence electrons. The molecule has 4 heteroatoms. The molecule has 2 aromatic carbocycles. The van der Waals surface area contributed by atoms with Gasteiger partial charge >= 0.3 is 0 Å². The number of rotatable bonds is 2. The van der Waals surface area contributed by atoms with Gasteiger partial charge in [0.1, 0.15) is 0 Å². The Morgan fingerprint density at radius 2 is 1.79 bits per heavy atom. The van der Waals surface area contributed by atoms with Crippen LogP contribution in [0, 0.1) is 5.82 Å². The van der Waals surface area contributed by atoms with Crippen molar-refractivity contribution in [3.8, 4) is 11.5 Å².